The topological polar surface area (TPSA) is 97.2 Å². The second kappa shape index (κ2) is 10.8. The van der Waals surface area contributed by atoms with Crippen molar-refractivity contribution in [3.8, 4) is 12.1 Å². The lowest BCUT2D eigenvalue weighted by Gasteiger charge is -2.27. The molecule has 2 aromatic carbocycles. The highest BCUT2D eigenvalue weighted by Gasteiger charge is 2.66. The van der Waals surface area contributed by atoms with Gasteiger partial charge in [-0.2, -0.15) is 10.5 Å². The summed E-state index contributed by atoms with van der Waals surface area (Å²) in [5.41, 5.74) is 1.51. The van der Waals surface area contributed by atoms with Crippen molar-refractivity contribution in [3.05, 3.63) is 70.8 Å². The number of hydrogen-bond acceptors (Lipinski definition) is 6. The second-order valence-electron chi connectivity index (χ2n) is 8.13. The molecule has 1 amide bonds. The lowest BCUT2D eigenvalue weighted by atomic mass is 10.1. The van der Waals surface area contributed by atoms with Gasteiger partial charge in [-0.3, -0.25) is 9.69 Å². The van der Waals surface area contributed by atoms with Crippen LogP contribution in [0.25, 0.3) is 0 Å². The molecule has 7 heteroatoms. The molecule has 0 saturated carbocycles. The van der Waals surface area contributed by atoms with Crippen LogP contribution >= 0.6 is 0 Å². The molecule has 0 spiro atoms. The highest BCUT2D eigenvalue weighted by molar-refractivity contribution is 6.11. The highest BCUT2D eigenvalue weighted by Crippen LogP contribution is 2.37. The Morgan fingerprint density at radius 3 is 1.91 bits per heavy atom. The van der Waals surface area contributed by atoms with Gasteiger partial charge in [0.2, 0.25) is 5.54 Å². The molecule has 33 heavy (non-hydrogen) atoms. The van der Waals surface area contributed by atoms with Gasteiger partial charge in [-0.15, -0.1) is 0 Å². The van der Waals surface area contributed by atoms with E-state index in [1.54, 1.807) is 36.1 Å². The molecule has 1 fully saturated rings. The molecular formula is C26H28N4O3. The highest BCUT2D eigenvalue weighted by atomic mass is 16.5. The van der Waals surface area contributed by atoms with Crippen molar-refractivity contribution in [2.45, 2.75) is 45.3 Å². The Balaban J connectivity index is 1.91. The summed E-state index contributed by atoms with van der Waals surface area (Å²) < 4.78 is 5.31. The lowest BCUT2D eigenvalue weighted by molar-refractivity contribution is -0.155. The molecule has 2 aromatic rings. The zero-order valence-corrected chi connectivity index (χ0v) is 19.1. The van der Waals surface area contributed by atoms with Crippen molar-refractivity contribution >= 4 is 11.9 Å². The molecule has 0 aliphatic carbocycles. The van der Waals surface area contributed by atoms with Crippen LogP contribution in [0, 0.1) is 22.7 Å². The molecular weight excluding hydrogens is 416 g/mol. The molecule has 2 unspecified atom stereocenters. The predicted molar refractivity (Wildman–Crippen MR) is 122 cm³/mol. The average Bonchev–Trinajstić information content (AvgIpc) is 3.58. The summed E-state index contributed by atoms with van der Waals surface area (Å²) in [5, 5.41) is 18.1. The standard InChI is InChI=1S/C26H28N4O3/c1-3-5-14-30-19-26(30,25(32)33-4-2)24(31)29(17-22-10-6-20(15-27)7-11-22)18-23-12-8-21(16-28)9-13-23/h6-13H,3-5,14,17-19H2,1-2H3. The van der Waals surface area contributed by atoms with E-state index in [9.17, 15) is 9.59 Å². The van der Waals surface area contributed by atoms with E-state index in [1.807, 2.05) is 29.2 Å². The normalized spacial score (nSPS) is 18.6. The maximum absolute atomic E-state index is 13.9. The second-order valence-corrected chi connectivity index (χ2v) is 8.13. The molecule has 7 nitrogen and oxygen atoms in total. The van der Waals surface area contributed by atoms with Crippen LogP contribution in [0.1, 0.15) is 48.9 Å². The summed E-state index contributed by atoms with van der Waals surface area (Å²) in [6.45, 7) is 5.59. The molecule has 170 valence electrons. The molecule has 2 atom stereocenters. The maximum atomic E-state index is 13.9. The molecule has 1 aliphatic rings. The minimum absolute atomic E-state index is 0.209. The summed E-state index contributed by atoms with van der Waals surface area (Å²) >= 11 is 0. The van der Waals surface area contributed by atoms with Crippen LogP contribution < -0.4 is 0 Å². The van der Waals surface area contributed by atoms with Crippen LogP contribution in [0.5, 0.6) is 0 Å². The third kappa shape index (κ3) is 5.39. The predicted octanol–water partition coefficient (Wildman–Crippen LogP) is 3.38. The van der Waals surface area contributed by atoms with Gasteiger partial charge in [0.1, 0.15) is 0 Å². The van der Waals surface area contributed by atoms with E-state index in [1.165, 1.54) is 0 Å². The molecule has 3 rings (SSSR count). The SMILES string of the molecule is CCCCN1CC1(C(=O)OCC)C(=O)N(Cc1ccc(C#N)cc1)Cc1ccc(C#N)cc1. The van der Waals surface area contributed by atoms with Crippen LogP contribution in [0.2, 0.25) is 0 Å². The van der Waals surface area contributed by atoms with Crippen molar-refractivity contribution in [2.24, 2.45) is 0 Å². The van der Waals surface area contributed by atoms with Crippen molar-refractivity contribution in [3.63, 3.8) is 0 Å². The summed E-state index contributed by atoms with van der Waals surface area (Å²) in [6, 6.07) is 18.3. The van der Waals surface area contributed by atoms with Crippen molar-refractivity contribution < 1.29 is 14.3 Å². The van der Waals surface area contributed by atoms with Crippen LogP contribution in [-0.4, -0.2) is 46.9 Å². The molecule has 1 saturated heterocycles. The van der Waals surface area contributed by atoms with E-state index in [4.69, 9.17) is 15.3 Å². The number of esters is 1. The molecule has 1 aliphatic heterocycles. The summed E-state index contributed by atoms with van der Waals surface area (Å²) in [4.78, 5) is 30.3. The first-order chi connectivity index (χ1) is 16.0. The summed E-state index contributed by atoms with van der Waals surface area (Å²) in [6.07, 6.45) is 1.85. The van der Waals surface area contributed by atoms with Crippen LogP contribution in [0.15, 0.2) is 48.5 Å². The fourth-order valence-corrected chi connectivity index (χ4v) is 3.87. The Labute approximate surface area is 194 Å². The number of nitriles is 2. The monoisotopic (exact) mass is 444 g/mol. The lowest BCUT2D eigenvalue weighted by Crippen LogP contribution is -2.49. The van der Waals surface area contributed by atoms with Crippen molar-refractivity contribution in [1.29, 1.82) is 10.5 Å². The van der Waals surface area contributed by atoms with Crippen molar-refractivity contribution in [2.75, 3.05) is 19.7 Å². The summed E-state index contributed by atoms with van der Waals surface area (Å²) in [5.74, 6) is -0.790. The van der Waals surface area contributed by atoms with Crippen LogP contribution in [-0.2, 0) is 27.4 Å². The largest absolute Gasteiger partial charge is 0.464 e. The van der Waals surface area contributed by atoms with Gasteiger partial charge in [0.25, 0.3) is 5.91 Å². The van der Waals surface area contributed by atoms with Gasteiger partial charge in [-0.25, -0.2) is 4.79 Å². The first-order valence-corrected chi connectivity index (χ1v) is 11.2. The third-order valence-corrected chi connectivity index (χ3v) is 5.80. The number of nitrogens with zero attached hydrogens (tertiary/aromatic N) is 4. The number of carbonyl (C=O) groups is 2. The van der Waals surface area contributed by atoms with E-state index in [0.29, 0.717) is 24.2 Å². The van der Waals surface area contributed by atoms with Gasteiger partial charge < -0.3 is 9.64 Å². The Morgan fingerprint density at radius 2 is 1.48 bits per heavy atom. The number of unbranched alkanes of at least 4 members (excludes halogenated alkanes) is 1. The van der Waals surface area contributed by atoms with Crippen molar-refractivity contribution in [1.82, 2.24) is 9.80 Å². The van der Waals surface area contributed by atoms with Gasteiger partial charge in [-0.1, -0.05) is 37.6 Å². The maximum Gasteiger partial charge on any atom is 0.337 e. The first kappa shape index (κ1) is 24.0. The van der Waals surface area contributed by atoms with Crippen LogP contribution in [0.3, 0.4) is 0 Å². The van der Waals surface area contributed by atoms with Gasteiger partial charge in [0.05, 0.1) is 29.9 Å². The number of hydrogen-bond donors (Lipinski definition) is 0. The van der Waals surface area contributed by atoms with Gasteiger partial charge >= 0.3 is 5.97 Å². The Bertz CT molecular complexity index is 1010. The average molecular weight is 445 g/mol. The quantitative estimate of drug-likeness (QED) is 0.317. The van der Waals surface area contributed by atoms with E-state index >= 15 is 0 Å². The zero-order chi connectivity index (χ0) is 23.8. The fourth-order valence-electron chi connectivity index (χ4n) is 3.87. The number of benzene rings is 2. The van der Waals surface area contributed by atoms with E-state index in [2.05, 4.69) is 19.1 Å². The molecule has 0 N–H and O–H groups in total. The van der Waals surface area contributed by atoms with Gasteiger partial charge in [-0.05, 0) is 55.3 Å². The van der Waals surface area contributed by atoms with E-state index in [0.717, 1.165) is 24.0 Å². The Hall–Kier alpha value is -3.68. The van der Waals surface area contributed by atoms with E-state index in [-0.39, 0.29) is 25.6 Å². The minimum Gasteiger partial charge on any atom is -0.464 e. The molecule has 0 radical (unpaired) electrons. The van der Waals surface area contributed by atoms with Gasteiger partial charge in [0.15, 0.2) is 0 Å². The third-order valence-electron chi connectivity index (χ3n) is 5.80. The number of ether oxygens (including phenoxy) is 1. The first-order valence-electron chi connectivity index (χ1n) is 11.2. The van der Waals surface area contributed by atoms with Gasteiger partial charge in [0, 0.05) is 19.6 Å². The fraction of sp³-hybridized carbons (Fsp3) is 0.385. The Morgan fingerprint density at radius 1 is 0.970 bits per heavy atom. The molecule has 0 aromatic heterocycles. The molecule has 0 bridgehead atoms. The number of carbonyl (C=O) groups excluding carboxylic acids is 2. The van der Waals surface area contributed by atoms with Crippen LogP contribution in [0.4, 0.5) is 0 Å². The van der Waals surface area contributed by atoms with E-state index < -0.39 is 11.5 Å². The smallest absolute Gasteiger partial charge is 0.337 e. The minimum atomic E-state index is -1.29. The molecule has 1 heterocycles. The number of amides is 1. The zero-order valence-electron chi connectivity index (χ0n) is 19.1. The summed E-state index contributed by atoms with van der Waals surface area (Å²) in [7, 11) is 0. The Kier molecular flexibility index (Phi) is 7.82. The number of rotatable bonds is 10.